The Labute approximate surface area is 121 Å². The standard InChI is InChI=1S/C13H17N5O3/c1-8-3-4-14-13-15-11(16-18(8)13)12(20)17-5-9(2)21-10(6-17)7-19/h3-4,9-10,19H,5-7H2,1-2H3. The average molecular weight is 291 g/mol. The van der Waals surface area contributed by atoms with E-state index in [9.17, 15) is 9.90 Å². The highest BCUT2D eigenvalue weighted by Crippen LogP contribution is 2.13. The van der Waals surface area contributed by atoms with Gasteiger partial charge in [-0.3, -0.25) is 4.79 Å². The number of amides is 1. The third-order valence-corrected chi connectivity index (χ3v) is 3.44. The third kappa shape index (κ3) is 2.59. The molecular weight excluding hydrogens is 274 g/mol. The first-order chi connectivity index (χ1) is 10.1. The van der Waals surface area contributed by atoms with Crippen LogP contribution in [0.25, 0.3) is 5.78 Å². The fourth-order valence-electron chi connectivity index (χ4n) is 2.45. The zero-order valence-corrected chi connectivity index (χ0v) is 11.9. The molecule has 1 aliphatic rings. The monoisotopic (exact) mass is 291 g/mol. The summed E-state index contributed by atoms with van der Waals surface area (Å²) < 4.78 is 7.07. The second kappa shape index (κ2) is 5.38. The molecule has 0 saturated carbocycles. The Bertz CT molecular complexity index is 671. The molecule has 8 nitrogen and oxygen atoms in total. The van der Waals surface area contributed by atoms with Gasteiger partial charge in [-0.25, -0.2) is 9.50 Å². The van der Waals surface area contributed by atoms with Crippen molar-refractivity contribution in [3.8, 4) is 0 Å². The highest BCUT2D eigenvalue weighted by Gasteiger charge is 2.30. The number of fused-ring (bicyclic) bond motifs is 1. The van der Waals surface area contributed by atoms with E-state index in [2.05, 4.69) is 15.1 Å². The van der Waals surface area contributed by atoms with Crippen molar-refractivity contribution in [3.63, 3.8) is 0 Å². The smallest absolute Gasteiger partial charge is 0.293 e. The molecule has 3 rings (SSSR count). The SMILES string of the molecule is Cc1ccnc2nc(C(=O)N3CC(C)OC(CO)C3)nn12. The van der Waals surface area contributed by atoms with Crippen molar-refractivity contribution >= 4 is 11.7 Å². The second-order valence-electron chi connectivity index (χ2n) is 5.19. The van der Waals surface area contributed by atoms with Crippen LogP contribution in [0.15, 0.2) is 12.3 Å². The quantitative estimate of drug-likeness (QED) is 0.813. The Hall–Kier alpha value is -2.06. The van der Waals surface area contributed by atoms with Crippen LogP contribution in [0.1, 0.15) is 23.2 Å². The molecule has 2 aromatic rings. The molecule has 21 heavy (non-hydrogen) atoms. The van der Waals surface area contributed by atoms with Gasteiger partial charge < -0.3 is 14.7 Å². The summed E-state index contributed by atoms with van der Waals surface area (Å²) in [4.78, 5) is 22.4. The molecular formula is C13H17N5O3. The van der Waals surface area contributed by atoms with Crippen molar-refractivity contribution in [3.05, 3.63) is 23.8 Å². The van der Waals surface area contributed by atoms with Crippen molar-refractivity contribution in [1.82, 2.24) is 24.5 Å². The van der Waals surface area contributed by atoms with Crippen molar-refractivity contribution in [1.29, 1.82) is 0 Å². The van der Waals surface area contributed by atoms with Gasteiger partial charge in [0.15, 0.2) is 0 Å². The lowest BCUT2D eigenvalue weighted by atomic mass is 10.2. The summed E-state index contributed by atoms with van der Waals surface area (Å²) in [6.45, 7) is 4.41. The van der Waals surface area contributed by atoms with E-state index >= 15 is 0 Å². The van der Waals surface area contributed by atoms with E-state index < -0.39 is 0 Å². The fourth-order valence-corrected chi connectivity index (χ4v) is 2.45. The van der Waals surface area contributed by atoms with Crippen LogP contribution in [-0.2, 0) is 4.74 Å². The summed E-state index contributed by atoms with van der Waals surface area (Å²) in [5.74, 6) is 0.245. The third-order valence-electron chi connectivity index (χ3n) is 3.44. The van der Waals surface area contributed by atoms with Gasteiger partial charge in [-0.2, -0.15) is 4.98 Å². The second-order valence-corrected chi connectivity index (χ2v) is 5.19. The van der Waals surface area contributed by atoms with Crippen LogP contribution in [0.4, 0.5) is 0 Å². The number of hydrogen-bond acceptors (Lipinski definition) is 6. The lowest BCUT2D eigenvalue weighted by molar-refractivity contribution is -0.0860. The van der Waals surface area contributed by atoms with E-state index in [4.69, 9.17) is 4.74 Å². The molecule has 0 spiro atoms. The Morgan fingerprint density at radius 3 is 3.05 bits per heavy atom. The van der Waals surface area contributed by atoms with E-state index in [-0.39, 0.29) is 30.5 Å². The normalized spacial score (nSPS) is 22.7. The first kappa shape index (κ1) is 13.9. The topological polar surface area (TPSA) is 92.9 Å². The molecule has 1 amide bonds. The molecule has 0 radical (unpaired) electrons. The summed E-state index contributed by atoms with van der Waals surface area (Å²) in [7, 11) is 0. The van der Waals surface area contributed by atoms with E-state index in [1.807, 2.05) is 13.8 Å². The molecule has 0 aliphatic carbocycles. The number of aliphatic hydroxyl groups excluding tert-OH is 1. The van der Waals surface area contributed by atoms with Crippen LogP contribution in [-0.4, -0.2) is 67.4 Å². The summed E-state index contributed by atoms with van der Waals surface area (Å²) in [5, 5.41) is 13.4. The maximum Gasteiger partial charge on any atom is 0.293 e. The van der Waals surface area contributed by atoms with Crippen molar-refractivity contribution in [2.24, 2.45) is 0 Å². The molecule has 112 valence electrons. The number of hydrogen-bond donors (Lipinski definition) is 1. The summed E-state index contributed by atoms with van der Waals surface area (Å²) in [5.41, 5.74) is 0.857. The van der Waals surface area contributed by atoms with Crippen LogP contribution >= 0.6 is 0 Å². The average Bonchev–Trinajstić information content (AvgIpc) is 2.91. The van der Waals surface area contributed by atoms with Gasteiger partial charge in [-0.1, -0.05) is 0 Å². The molecule has 2 aromatic heterocycles. The molecule has 2 atom stereocenters. The zero-order chi connectivity index (χ0) is 15.0. The van der Waals surface area contributed by atoms with E-state index in [1.165, 1.54) is 0 Å². The van der Waals surface area contributed by atoms with Gasteiger partial charge in [-0.15, -0.1) is 5.10 Å². The van der Waals surface area contributed by atoms with Crippen LogP contribution in [0, 0.1) is 6.92 Å². The lowest BCUT2D eigenvalue weighted by Crippen LogP contribution is -2.50. The highest BCUT2D eigenvalue weighted by atomic mass is 16.5. The number of aromatic nitrogens is 4. The molecule has 1 aliphatic heterocycles. The van der Waals surface area contributed by atoms with Gasteiger partial charge in [0.25, 0.3) is 11.7 Å². The zero-order valence-electron chi connectivity index (χ0n) is 11.9. The largest absolute Gasteiger partial charge is 0.394 e. The number of morpholine rings is 1. The number of aryl methyl sites for hydroxylation is 1. The lowest BCUT2D eigenvalue weighted by Gasteiger charge is -2.35. The minimum Gasteiger partial charge on any atom is -0.394 e. The van der Waals surface area contributed by atoms with Gasteiger partial charge in [0.1, 0.15) is 0 Å². The fraction of sp³-hybridized carbons (Fsp3) is 0.538. The Morgan fingerprint density at radius 2 is 2.33 bits per heavy atom. The van der Waals surface area contributed by atoms with Crippen molar-refractivity contribution < 1.29 is 14.6 Å². The molecule has 2 unspecified atom stereocenters. The first-order valence-electron chi connectivity index (χ1n) is 6.82. The molecule has 1 saturated heterocycles. The Kier molecular flexibility index (Phi) is 3.56. The molecule has 1 fully saturated rings. The maximum absolute atomic E-state index is 12.5. The predicted molar refractivity (Wildman–Crippen MR) is 72.8 cm³/mol. The van der Waals surface area contributed by atoms with Crippen LogP contribution in [0.5, 0.6) is 0 Å². The number of nitrogens with zero attached hydrogens (tertiary/aromatic N) is 5. The molecule has 1 N–H and O–H groups in total. The summed E-state index contributed by atoms with van der Waals surface area (Å²) >= 11 is 0. The van der Waals surface area contributed by atoms with Gasteiger partial charge in [0.2, 0.25) is 5.82 Å². The Morgan fingerprint density at radius 1 is 1.52 bits per heavy atom. The maximum atomic E-state index is 12.5. The van der Waals surface area contributed by atoms with E-state index in [0.29, 0.717) is 18.9 Å². The van der Waals surface area contributed by atoms with Crippen LogP contribution in [0.2, 0.25) is 0 Å². The minimum atomic E-state index is -0.366. The molecule has 8 heteroatoms. The molecule has 3 heterocycles. The Balaban J connectivity index is 1.87. The molecule has 0 bridgehead atoms. The van der Waals surface area contributed by atoms with Gasteiger partial charge in [0.05, 0.1) is 18.8 Å². The van der Waals surface area contributed by atoms with E-state index in [0.717, 1.165) is 5.69 Å². The number of aliphatic hydroxyl groups is 1. The summed E-state index contributed by atoms with van der Waals surface area (Å²) in [6.07, 6.45) is 1.14. The minimum absolute atomic E-state index is 0.114. The molecule has 0 aromatic carbocycles. The summed E-state index contributed by atoms with van der Waals surface area (Å²) in [6, 6.07) is 1.80. The predicted octanol–water partition coefficient (Wildman–Crippen LogP) is -0.345. The highest BCUT2D eigenvalue weighted by molar-refractivity contribution is 5.91. The van der Waals surface area contributed by atoms with Crippen LogP contribution < -0.4 is 0 Å². The number of ether oxygens (including phenoxy) is 1. The van der Waals surface area contributed by atoms with Crippen molar-refractivity contribution in [2.45, 2.75) is 26.1 Å². The first-order valence-corrected chi connectivity index (χ1v) is 6.82. The number of carbonyl (C=O) groups is 1. The van der Waals surface area contributed by atoms with Gasteiger partial charge >= 0.3 is 0 Å². The van der Waals surface area contributed by atoms with Gasteiger partial charge in [-0.05, 0) is 19.9 Å². The van der Waals surface area contributed by atoms with Gasteiger partial charge in [0, 0.05) is 25.0 Å². The van der Waals surface area contributed by atoms with E-state index in [1.54, 1.807) is 21.7 Å². The number of carbonyl (C=O) groups excluding carboxylic acids is 1. The van der Waals surface area contributed by atoms with Crippen molar-refractivity contribution in [2.75, 3.05) is 19.7 Å². The number of rotatable bonds is 2. The van der Waals surface area contributed by atoms with Crippen LogP contribution in [0.3, 0.4) is 0 Å².